The number of carbonyl (C=O) groups is 2. The summed E-state index contributed by atoms with van der Waals surface area (Å²) in [4.78, 5) is 27.4. The van der Waals surface area contributed by atoms with Crippen molar-refractivity contribution < 1.29 is 14.3 Å². The van der Waals surface area contributed by atoms with Crippen LogP contribution in [0.15, 0.2) is 22.5 Å². The minimum Gasteiger partial charge on any atom is -0.464 e. The van der Waals surface area contributed by atoms with Crippen molar-refractivity contribution in [3.05, 3.63) is 29.6 Å². The SMILES string of the molecule is CCSc1nnc(NC(=O)c2cccc(C(=O)OC)n2)s1. The summed E-state index contributed by atoms with van der Waals surface area (Å²) >= 11 is 2.83. The fraction of sp³-hybridized carbons (Fsp3) is 0.250. The zero-order valence-electron chi connectivity index (χ0n) is 11.3. The van der Waals surface area contributed by atoms with Crippen LogP contribution in [0.5, 0.6) is 0 Å². The molecule has 0 radical (unpaired) electrons. The third-order valence-corrected chi connectivity index (χ3v) is 4.13. The van der Waals surface area contributed by atoms with E-state index in [9.17, 15) is 9.59 Å². The molecular formula is C12H12N4O3S2. The van der Waals surface area contributed by atoms with E-state index in [-0.39, 0.29) is 11.4 Å². The van der Waals surface area contributed by atoms with E-state index < -0.39 is 11.9 Å². The van der Waals surface area contributed by atoms with Gasteiger partial charge in [-0.3, -0.25) is 10.1 Å². The van der Waals surface area contributed by atoms with Crippen molar-refractivity contribution in [1.29, 1.82) is 0 Å². The molecule has 2 rings (SSSR count). The van der Waals surface area contributed by atoms with Crippen LogP contribution in [0.4, 0.5) is 5.13 Å². The van der Waals surface area contributed by atoms with Crippen molar-refractivity contribution >= 4 is 40.1 Å². The van der Waals surface area contributed by atoms with Crippen LogP contribution < -0.4 is 5.32 Å². The van der Waals surface area contributed by atoms with E-state index in [1.807, 2.05) is 6.92 Å². The summed E-state index contributed by atoms with van der Waals surface area (Å²) in [5, 5.41) is 10.8. The third-order valence-electron chi connectivity index (χ3n) is 2.27. The smallest absolute Gasteiger partial charge is 0.356 e. The number of hydrogen-bond acceptors (Lipinski definition) is 8. The second kappa shape index (κ2) is 7.14. The molecule has 0 unspecified atom stereocenters. The minimum absolute atomic E-state index is 0.0737. The molecule has 2 aromatic heterocycles. The van der Waals surface area contributed by atoms with Crippen LogP contribution in [-0.2, 0) is 4.74 Å². The first-order valence-corrected chi connectivity index (χ1v) is 7.77. The lowest BCUT2D eigenvalue weighted by atomic mass is 10.3. The first kappa shape index (κ1) is 15.4. The Kier molecular flexibility index (Phi) is 5.23. The molecule has 0 aliphatic heterocycles. The normalized spacial score (nSPS) is 10.2. The fourth-order valence-electron chi connectivity index (χ4n) is 1.38. The average molecular weight is 324 g/mol. The zero-order valence-corrected chi connectivity index (χ0v) is 13.0. The highest BCUT2D eigenvalue weighted by Gasteiger charge is 2.14. The number of anilines is 1. The Morgan fingerprint density at radius 1 is 1.33 bits per heavy atom. The molecule has 0 saturated heterocycles. The monoisotopic (exact) mass is 324 g/mol. The van der Waals surface area contributed by atoms with Gasteiger partial charge in [0.2, 0.25) is 5.13 Å². The van der Waals surface area contributed by atoms with Gasteiger partial charge in [0.1, 0.15) is 11.4 Å². The average Bonchev–Trinajstić information content (AvgIpc) is 2.94. The molecule has 0 aliphatic rings. The molecule has 7 nitrogen and oxygen atoms in total. The van der Waals surface area contributed by atoms with Crippen LogP contribution in [0.1, 0.15) is 27.9 Å². The van der Waals surface area contributed by atoms with E-state index in [4.69, 9.17) is 0 Å². The van der Waals surface area contributed by atoms with Crippen LogP contribution in [0, 0.1) is 0 Å². The summed E-state index contributed by atoms with van der Waals surface area (Å²) < 4.78 is 5.34. The molecule has 0 spiro atoms. The van der Waals surface area contributed by atoms with Gasteiger partial charge in [0, 0.05) is 0 Å². The number of nitrogens with zero attached hydrogens (tertiary/aromatic N) is 3. The summed E-state index contributed by atoms with van der Waals surface area (Å²) in [5.41, 5.74) is 0.183. The molecule has 0 fully saturated rings. The number of ether oxygens (including phenoxy) is 1. The molecule has 0 saturated carbocycles. The van der Waals surface area contributed by atoms with Crippen molar-refractivity contribution in [3.8, 4) is 0 Å². The first-order chi connectivity index (χ1) is 10.1. The molecule has 1 amide bonds. The van der Waals surface area contributed by atoms with Crippen molar-refractivity contribution in [2.24, 2.45) is 0 Å². The van der Waals surface area contributed by atoms with Gasteiger partial charge in [-0.05, 0) is 17.9 Å². The van der Waals surface area contributed by atoms with Gasteiger partial charge in [0.05, 0.1) is 7.11 Å². The highest BCUT2D eigenvalue weighted by Crippen LogP contribution is 2.25. The molecular weight excluding hydrogens is 312 g/mol. The minimum atomic E-state index is -0.595. The van der Waals surface area contributed by atoms with Crippen LogP contribution >= 0.6 is 23.1 Å². The Bertz CT molecular complexity index is 659. The summed E-state index contributed by atoms with van der Waals surface area (Å²) in [6.45, 7) is 2.01. The molecule has 0 bridgehead atoms. The van der Waals surface area contributed by atoms with Crippen LogP contribution in [-0.4, -0.2) is 39.9 Å². The van der Waals surface area contributed by atoms with Crippen molar-refractivity contribution in [3.63, 3.8) is 0 Å². The number of esters is 1. The van der Waals surface area contributed by atoms with Crippen molar-refractivity contribution in [2.45, 2.75) is 11.3 Å². The maximum Gasteiger partial charge on any atom is 0.356 e. The largest absolute Gasteiger partial charge is 0.464 e. The lowest BCUT2D eigenvalue weighted by Crippen LogP contribution is -2.15. The number of hydrogen-bond donors (Lipinski definition) is 1. The standard InChI is InChI=1S/C12H12N4O3S2/c1-3-20-12-16-15-11(21-12)14-9(17)7-5-4-6-8(13-7)10(18)19-2/h4-6H,3H2,1-2H3,(H,14,15,17). The third kappa shape index (κ3) is 3.99. The highest BCUT2D eigenvalue weighted by molar-refractivity contribution is 8.01. The van der Waals surface area contributed by atoms with E-state index in [0.717, 1.165) is 10.1 Å². The second-order valence-electron chi connectivity index (χ2n) is 3.66. The zero-order chi connectivity index (χ0) is 15.2. The Labute approximate surface area is 129 Å². The van der Waals surface area contributed by atoms with Gasteiger partial charge in [0.15, 0.2) is 4.34 Å². The number of methoxy groups -OCH3 is 1. The van der Waals surface area contributed by atoms with E-state index in [1.165, 1.54) is 30.6 Å². The van der Waals surface area contributed by atoms with E-state index >= 15 is 0 Å². The molecule has 2 heterocycles. The van der Waals surface area contributed by atoms with E-state index in [0.29, 0.717) is 5.13 Å². The molecule has 1 N–H and O–H groups in total. The predicted octanol–water partition coefficient (Wildman–Crippen LogP) is 2.08. The van der Waals surface area contributed by atoms with E-state index in [2.05, 4.69) is 25.2 Å². The predicted molar refractivity (Wildman–Crippen MR) is 79.8 cm³/mol. The fourth-order valence-corrected chi connectivity index (χ4v) is 3.03. The van der Waals surface area contributed by atoms with Crippen LogP contribution in [0.2, 0.25) is 0 Å². The lowest BCUT2D eigenvalue weighted by Gasteiger charge is -2.02. The first-order valence-electron chi connectivity index (χ1n) is 5.97. The van der Waals surface area contributed by atoms with Gasteiger partial charge in [-0.15, -0.1) is 10.2 Å². The Hall–Kier alpha value is -2.00. The molecule has 110 valence electrons. The Morgan fingerprint density at radius 3 is 2.81 bits per heavy atom. The van der Waals surface area contributed by atoms with Gasteiger partial charge in [0.25, 0.3) is 5.91 Å². The number of carbonyl (C=O) groups excluding carboxylic acids is 2. The summed E-state index contributed by atoms with van der Waals surface area (Å²) in [6, 6.07) is 4.54. The number of thioether (sulfide) groups is 1. The summed E-state index contributed by atoms with van der Waals surface area (Å²) in [6.07, 6.45) is 0. The molecule has 0 aromatic carbocycles. The molecule has 0 atom stereocenters. The van der Waals surface area contributed by atoms with Gasteiger partial charge in [-0.1, -0.05) is 36.1 Å². The molecule has 0 aliphatic carbocycles. The van der Waals surface area contributed by atoms with Crippen LogP contribution in [0.25, 0.3) is 0 Å². The maximum absolute atomic E-state index is 12.1. The number of pyridine rings is 1. The Balaban J connectivity index is 2.10. The molecule has 21 heavy (non-hydrogen) atoms. The molecule has 2 aromatic rings. The number of amides is 1. The Morgan fingerprint density at radius 2 is 2.10 bits per heavy atom. The lowest BCUT2D eigenvalue weighted by molar-refractivity contribution is 0.0594. The topological polar surface area (TPSA) is 94.1 Å². The second-order valence-corrected chi connectivity index (χ2v) is 6.15. The maximum atomic E-state index is 12.1. The molecule has 9 heteroatoms. The van der Waals surface area contributed by atoms with Crippen molar-refractivity contribution in [2.75, 3.05) is 18.2 Å². The van der Waals surface area contributed by atoms with Gasteiger partial charge >= 0.3 is 5.97 Å². The number of rotatable bonds is 5. The number of nitrogens with one attached hydrogen (secondary N) is 1. The van der Waals surface area contributed by atoms with E-state index in [1.54, 1.807) is 17.8 Å². The quantitative estimate of drug-likeness (QED) is 0.511. The van der Waals surface area contributed by atoms with Gasteiger partial charge in [-0.2, -0.15) is 0 Å². The highest BCUT2D eigenvalue weighted by atomic mass is 32.2. The van der Waals surface area contributed by atoms with Gasteiger partial charge in [-0.25, -0.2) is 9.78 Å². The number of aromatic nitrogens is 3. The van der Waals surface area contributed by atoms with Crippen molar-refractivity contribution in [1.82, 2.24) is 15.2 Å². The van der Waals surface area contributed by atoms with Crippen LogP contribution in [0.3, 0.4) is 0 Å². The summed E-state index contributed by atoms with van der Waals surface area (Å²) in [5.74, 6) is -0.169. The van der Waals surface area contributed by atoms with Gasteiger partial charge < -0.3 is 4.74 Å². The summed E-state index contributed by atoms with van der Waals surface area (Å²) in [7, 11) is 1.25.